The number of carbonyl (C=O) groups excluding carboxylic acids is 2. The maximum absolute atomic E-state index is 12.4. The SMILES string of the molecule is CC(C)(C)OC(=O)NCCCNC(=O)c1cccnc1OC1CCSC1. The van der Waals surface area contributed by atoms with Crippen LogP contribution in [0, 0.1) is 0 Å². The molecule has 1 fully saturated rings. The van der Waals surface area contributed by atoms with Gasteiger partial charge in [-0.25, -0.2) is 9.78 Å². The molecule has 0 spiro atoms. The third-order valence-electron chi connectivity index (χ3n) is 3.49. The molecular formula is C18H27N3O4S. The molecule has 0 radical (unpaired) electrons. The van der Waals surface area contributed by atoms with Gasteiger partial charge in [0.2, 0.25) is 5.88 Å². The molecule has 0 bridgehead atoms. The van der Waals surface area contributed by atoms with Gasteiger partial charge < -0.3 is 20.1 Å². The van der Waals surface area contributed by atoms with Crippen molar-refractivity contribution in [3.05, 3.63) is 23.9 Å². The van der Waals surface area contributed by atoms with Crippen molar-refractivity contribution in [2.24, 2.45) is 0 Å². The van der Waals surface area contributed by atoms with Crippen molar-refractivity contribution >= 4 is 23.8 Å². The summed E-state index contributed by atoms with van der Waals surface area (Å²) >= 11 is 1.84. The van der Waals surface area contributed by atoms with E-state index in [4.69, 9.17) is 9.47 Å². The number of carbonyl (C=O) groups is 2. The zero-order valence-electron chi connectivity index (χ0n) is 15.5. The van der Waals surface area contributed by atoms with Gasteiger partial charge in [0.25, 0.3) is 5.91 Å². The Hall–Kier alpha value is -1.96. The van der Waals surface area contributed by atoms with Crippen molar-refractivity contribution in [1.82, 2.24) is 15.6 Å². The minimum atomic E-state index is -0.521. The van der Waals surface area contributed by atoms with Gasteiger partial charge in [-0.3, -0.25) is 4.79 Å². The number of rotatable bonds is 7. The highest BCUT2D eigenvalue weighted by atomic mass is 32.2. The summed E-state index contributed by atoms with van der Waals surface area (Å²) in [4.78, 5) is 28.1. The third kappa shape index (κ3) is 7.11. The monoisotopic (exact) mass is 381 g/mol. The quantitative estimate of drug-likeness (QED) is 0.706. The second-order valence-electron chi connectivity index (χ2n) is 7.00. The maximum atomic E-state index is 12.4. The highest BCUT2D eigenvalue weighted by Gasteiger charge is 2.21. The molecule has 1 aromatic rings. The van der Waals surface area contributed by atoms with Crippen molar-refractivity contribution in [2.75, 3.05) is 24.6 Å². The van der Waals surface area contributed by atoms with Crippen molar-refractivity contribution in [3.63, 3.8) is 0 Å². The maximum Gasteiger partial charge on any atom is 0.407 e. The fourth-order valence-corrected chi connectivity index (χ4v) is 3.41. The second kappa shape index (κ2) is 9.66. The van der Waals surface area contributed by atoms with Gasteiger partial charge in [0.05, 0.1) is 0 Å². The van der Waals surface area contributed by atoms with Crippen LogP contribution < -0.4 is 15.4 Å². The van der Waals surface area contributed by atoms with Crippen LogP contribution in [0.3, 0.4) is 0 Å². The van der Waals surface area contributed by atoms with Crippen LogP contribution in [0.5, 0.6) is 5.88 Å². The molecule has 1 aliphatic rings. The summed E-state index contributed by atoms with van der Waals surface area (Å²) < 4.78 is 11.0. The fourth-order valence-electron chi connectivity index (χ4n) is 2.31. The first-order chi connectivity index (χ1) is 12.3. The Kier molecular flexibility index (Phi) is 7.56. The van der Waals surface area contributed by atoms with E-state index in [0.29, 0.717) is 31.0 Å². The molecule has 0 saturated carbocycles. The van der Waals surface area contributed by atoms with Gasteiger partial charge >= 0.3 is 6.09 Å². The molecule has 144 valence electrons. The lowest BCUT2D eigenvalue weighted by molar-refractivity contribution is 0.0527. The van der Waals surface area contributed by atoms with Crippen LogP contribution in [0.2, 0.25) is 0 Å². The largest absolute Gasteiger partial charge is 0.473 e. The van der Waals surface area contributed by atoms with Crippen LogP contribution in [-0.2, 0) is 4.74 Å². The minimum Gasteiger partial charge on any atom is -0.473 e. The summed E-state index contributed by atoms with van der Waals surface area (Å²) in [6.45, 7) is 6.28. The summed E-state index contributed by atoms with van der Waals surface area (Å²) in [6, 6.07) is 3.42. The number of alkyl carbamates (subject to hydrolysis) is 1. The zero-order valence-corrected chi connectivity index (χ0v) is 16.4. The van der Waals surface area contributed by atoms with Crippen molar-refractivity contribution < 1.29 is 19.1 Å². The summed E-state index contributed by atoms with van der Waals surface area (Å²) in [6.07, 6.45) is 2.85. The summed E-state index contributed by atoms with van der Waals surface area (Å²) in [5, 5.41) is 5.49. The first-order valence-electron chi connectivity index (χ1n) is 8.79. The summed E-state index contributed by atoms with van der Waals surface area (Å²) in [5.74, 6) is 2.15. The lowest BCUT2D eigenvalue weighted by atomic mass is 10.2. The van der Waals surface area contributed by atoms with Crippen LogP contribution in [0.4, 0.5) is 4.79 Å². The van der Waals surface area contributed by atoms with Crippen LogP contribution in [0.25, 0.3) is 0 Å². The summed E-state index contributed by atoms with van der Waals surface area (Å²) in [7, 11) is 0. The molecule has 26 heavy (non-hydrogen) atoms. The number of pyridine rings is 1. The van der Waals surface area contributed by atoms with Gasteiger partial charge in [-0.05, 0) is 51.5 Å². The Balaban J connectivity index is 1.73. The van der Waals surface area contributed by atoms with Gasteiger partial charge in [-0.1, -0.05) is 0 Å². The average molecular weight is 381 g/mol. The number of nitrogens with zero attached hydrogens (tertiary/aromatic N) is 1. The van der Waals surface area contributed by atoms with Gasteiger partial charge in [-0.15, -0.1) is 0 Å². The Bertz CT molecular complexity index is 613. The molecule has 2 amide bonds. The van der Waals surface area contributed by atoms with E-state index >= 15 is 0 Å². The van der Waals surface area contributed by atoms with E-state index in [1.807, 2.05) is 32.5 Å². The van der Waals surface area contributed by atoms with Crippen LogP contribution in [0.1, 0.15) is 44.0 Å². The van der Waals surface area contributed by atoms with Crippen molar-refractivity contribution in [1.29, 1.82) is 0 Å². The number of nitrogens with one attached hydrogen (secondary N) is 2. The highest BCUT2D eigenvalue weighted by Crippen LogP contribution is 2.24. The molecule has 0 aromatic carbocycles. The van der Waals surface area contributed by atoms with Gasteiger partial charge in [0, 0.05) is 25.0 Å². The predicted molar refractivity (Wildman–Crippen MR) is 102 cm³/mol. The Morgan fingerprint density at radius 2 is 2.08 bits per heavy atom. The highest BCUT2D eigenvalue weighted by molar-refractivity contribution is 7.99. The number of ether oxygens (including phenoxy) is 2. The second-order valence-corrected chi connectivity index (χ2v) is 8.15. The van der Waals surface area contributed by atoms with Crippen LogP contribution >= 0.6 is 11.8 Å². The van der Waals surface area contributed by atoms with Gasteiger partial charge in [0.15, 0.2) is 0 Å². The molecule has 1 aliphatic heterocycles. The van der Waals surface area contributed by atoms with Crippen LogP contribution in [-0.4, -0.2) is 53.3 Å². The van der Waals surface area contributed by atoms with Gasteiger partial charge in [0.1, 0.15) is 17.3 Å². The smallest absolute Gasteiger partial charge is 0.407 e. The number of thioether (sulfide) groups is 1. The average Bonchev–Trinajstić information content (AvgIpc) is 3.06. The standard InChI is InChI=1S/C18H27N3O4S/c1-18(2,3)25-17(23)21-10-5-9-19-15(22)14-6-4-8-20-16(14)24-13-7-11-26-12-13/h4,6,8,13H,5,7,9-12H2,1-3H3,(H,19,22)(H,21,23). The molecule has 2 N–H and O–H groups in total. The van der Waals surface area contributed by atoms with E-state index < -0.39 is 11.7 Å². The fraction of sp³-hybridized carbons (Fsp3) is 0.611. The molecule has 7 nitrogen and oxygen atoms in total. The first-order valence-corrected chi connectivity index (χ1v) is 9.95. The topological polar surface area (TPSA) is 89.6 Å². The molecule has 8 heteroatoms. The van der Waals surface area contributed by atoms with Gasteiger partial charge in [-0.2, -0.15) is 11.8 Å². The third-order valence-corrected chi connectivity index (χ3v) is 4.62. The lowest BCUT2D eigenvalue weighted by Crippen LogP contribution is -2.34. The minimum absolute atomic E-state index is 0.111. The van der Waals surface area contributed by atoms with Crippen LogP contribution in [0.15, 0.2) is 18.3 Å². The van der Waals surface area contributed by atoms with E-state index in [-0.39, 0.29) is 12.0 Å². The Labute approximate surface area is 158 Å². The van der Waals surface area contributed by atoms with Crippen molar-refractivity contribution in [3.8, 4) is 5.88 Å². The number of aromatic nitrogens is 1. The van der Waals surface area contributed by atoms with Crippen molar-refractivity contribution in [2.45, 2.75) is 45.3 Å². The molecule has 2 heterocycles. The Morgan fingerprint density at radius 1 is 1.31 bits per heavy atom. The summed E-state index contributed by atoms with van der Waals surface area (Å²) in [5.41, 5.74) is -0.0863. The van der Waals surface area contributed by atoms with E-state index in [1.54, 1.807) is 18.3 Å². The van der Waals surface area contributed by atoms with E-state index in [1.165, 1.54) is 0 Å². The lowest BCUT2D eigenvalue weighted by Gasteiger charge is -2.19. The molecule has 2 rings (SSSR count). The molecular weight excluding hydrogens is 354 g/mol. The molecule has 1 atom stereocenters. The molecule has 0 aliphatic carbocycles. The normalized spacial score (nSPS) is 16.8. The molecule has 1 unspecified atom stereocenters. The van der Waals surface area contributed by atoms with E-state index in [2.05, 4.69) is 15.6 Å². The first kappa shape index (κ1) is 20.4. The number of hydrogen-bond donors (Lipinski definition) is 2. The number of amides is 2. The van der Waals surface area contributed by atoms with E-state index in [0.717, 1.165) is 17.9 Å². The van der Waals surface area contributed by atoms with E-state index in [9.17, 15) is 9.59 Å². The number of hydrogen-bond acceptors (Lipinski definition) is 6. The zero-order chi connectivity index (χ0) is 19.0. The predicted octanol–water partition coefficient (Wildman–Crippen LogP) is 2.61. The molecule has 1 saturated heterocycles. The Morgan fingerprint density at radius 3 is 2.77 bits per heavy atom. The molecule has 1 aromatic heterocycles.